The number of amides is 1. The molecule has 2 aromatic carbocycles. The van der Waals surface area contributed by atoms with Crippen molar-refractivity contribution in [3.63, 3.8) is 0 Å². The first kappa shape index (κ1) is 15.6. The van der Waals surface area contributed by atoms with Gasteiger partial charge in [0.15, 0.2) is 0 Å². The third kappa shape index (κ3) is 3.38. The van der Waals surface area contributed by atoms with E-state index in [2.05, 4.69) is 10.3 Å². The number of rotatable bonds is 4. The van der Waals surface area contributed by atoms with Crippen LogP contribution in [0.2, 0.25) is 5.02 Å². The van der Waals surface area contributed by atoms with Gasteiger partial charge in [-0.1, -0.05) is 35.9 Å². The van der Waals surface area contributed by atoms with Crippen molar-refractivity contribution in [1.29, 1.82) is 0 Å². The van der Waals surface area contributed by atoms with E-state index < -0.39 is 6.04 Å². The number of nitrogens with one attached hydrogen (secondary N) is 2. The van der Waals surface area contributed by atoms with Crippen LogP contribution in [0.1, 0.15) is 11.1 Å². The highest BCUT2D eigenvalue weighted by molar-refractivity contribution is 6.31. The van der Waals surface area contributed by atoms with Gasteiger partial charge in [0.2, 0.25) is 5.91 Å². The lowest BCUT2D eigenvalue weighted by Gasteiger charge is -2.12. The summed E-state index contributed by atoms with van der Waals surface area (Å²) in [4.78, 5) is 15.5. The van der Waals surface area contributed by atoms with Crippen LogP contribution < -0.4 is 11.1 Å². The number of H-pyrrole nitrogens is 1. The standard InChI is InChI=1S/C18H18ClN3O/c1-11-6-7-13(9-15(11)19)22-18(23)16(20)8-12-10-21-17-5-3-2-4-14(12)17/h2-7,9-10,16,21H,8,20H2,1H3,(H,22,23). The lowest BCUT2D eigenvalue weighted by atomic mass is 10.0. The zero-order chi connectivity index (χ0) is 16.4. The number of nitrogens with two attached hydrogens (primary N) is 1. The van der Waals surface area contributed by atoms with Gasteiger partial charge in [0, 0.05) is 27.8 Å². The molecule has 118 valence electrons. The third-order valence-corrected chi connectivity index (χ3v) is 4.30. The molecule has 1 unspecified atom stereocenters. The SMILES string of the molecule is Cc1ccc(NC(=O)C(N)Cc2c[nH]c3ccccc23)cc1Cl. The first-order chi connectivity index (χ1) is 11.0. The van der Waals surface area contributed by atoms with Gasteiger partial charge in [-0.15, -0.1) is 0 Å². The molecule has 1 heterocycles. The molecule has 0 aliphatic carbocycles. The van der Waals surface area contributed by atoms with Crippen molar-refractivity contribution in [3.8, 4) is 0 Å². The van der Waals surface area contributed by atoms with E-state index in [4.69, 9.17) is 17.3 Å². The van der Waals surface area contributed by atoms with E-state index in [1.807, 2.05) is 49.5 Å². The number of aryl methyl sites for hydroxylation is 1. The summed E-state index contributed by atoms with van der Waals surface area (Å²) < 4.78 is 0. The first-order valence-corrected chi connectivity index (χ1v) is 7.80. The Balaban J connectivity index is 1.71. The Morgan fingerprint density at radius 2 is 2.09 bits per heavy atom. The lowest BCUT2D eigenvalue weighted by molar-refractivity contribution is -0.117. The topological polar surface area (TPSA) is 70.9 Å². The molecule has 1 aromatic heterocycles. The maximum atomic E-state index is 12.3. The monoisotopic (exact) mass is 327 g/mol. The Morgan fingerprint density at radius 3 is 2.87 bits per heavy atom. The van der Waals surface area contributed by atoms with Crippen LogP contribution in [0.3, 0.4) is 0 Å². The molecule has 4 nitrogen and oxygen atoms in total. The molecule has 5 heteroatoms. The largest absolute Gasteiger partial charge is 0.361 e. The maximum Gasteiger partial charge on any atom is 0.241 e. The van der Waals surface area contributed by atoms with Crippen molar-refractivity contribution < 1.29 is 4.79 Å². The number of hydrogen-bond acceptors (Lipinski definition) is 2. The van der Waals surface area contributed by atoms with Crippen LogP contribution >= 0.6 is 11.6 Å². The van der Waals surface area contributed by atoms with Crippen LogP contribution in [0.25, 0.3) is 10.9 Å². The molecule has 1 atom stereocenters. The number of aromatic amines is 1. The highest BCUT2D eigenvalue weighted by Crippen LogP contribution is 2.21. The van der Waals surface area contributed by atoms with E-state index >= 15 is 0 Å². The van der Waals surface area contributed by atoms with Crippen molar-refractivity contribution in [1.82, 2.24) is 4.98 Å². The van der Waals surface area contributed by atoms with E-state index in [-0.39, 0.29) is 5.91 Å². The van der Waals surface area contributed by atoms with Crippen LogP contribution in [0, 0.1) is 6.92 Å². The lowest BCUT2D eigenvalue weighted by Crippen LogP contribution is -2.37. The molecule has 0 aliphatic rings. The summed E-state index contributed by atoms with van der Waals surface area (Å²) >= 11 is 6.07. The first-order valence-electron chi connectivity index (χ1n) is 7.42. The maximum absolute atomic E-state index is 12.3. The average molecular weight is 328 g/mol. The molecular weight excluding hydrogens is 310 g/mol. The van der Waals surface area contributed by atoms with Crippen molar-refractivity contribution in [3.05, 3.63) is 64.8 Å². The van der Waals surface area contributed by atoms with Crippen molar-refractivity contribution in [2.45, 2.75) is 19.4 Å². The Labute approximate surface area is 139 Å². The minimum atomic E-state index is -0.630. The quantitative estimate of drug-likeness (QED) is 0.684. The van der Waals surface area contributed by atoms with Crippen LogP contribution in [-0.4, -0.2) is 16.9 Å². The molecule has 0 spiro atoms. The van der Waals surface area contributed by atoms with Gasteiger partial charge in [-0.2, -0.15) is 0 Å². The second-order valence-corrected chi connectivity index (χ2v) is 6.03. The number of carbonyl (C=O) groups is 1. The minimum Gasteiger partial charge on any atom is -0.361 e. The Kier molecular flexibility index (Phi) is 4.37. The number of anilines is 1. The number of para-hydroxylation sites is 1. The fourth-order valence-electron chi connectivity index (χ4n) is 2.54. The van der Waals surface area contributed by atoms with E-state index in [9.17, 15) is 4.79 Å². The van der Waals surface area contributed by atoms with E-state index in [1.54, 1.807) is 6.07 Å². The van der Waals surface area contributed by atoms with Gasteiger partial charge >= 0.3 is 0 Å². The zero-order valence-electron chi connectivity index (χ0n) is 12.8. The second-order valence-electron chi connectivity index (χ2n) is 5.62. The molecule has 0 saturated heterocycles. The van der Waals surface area contributed by atoms with Crippen LogP contribution in [0.15, 0.2) is 48.7 Å². The number of fused-ring (bicyclic) bond motifs is 1. The molecule has 3 aromatic rings. The van der Waals surface area contributed by atoms with Gasteiger partial charge in [0.25, 0.3) is 0 Å². The van der Waals surface area contributed by atoms with E-state index in [0.717, 1.165) is 22.0 Å². The summed E-state index contributed by atoms with van der Waals surface area (Å²) in [6.07, 6.45) is 2.37. The van der Waals surface area contributed by atoms with E-state index in [0.29, 0.717) is 17.1 Å². The summed E-state index contributed by atoms with van der Waals surface area (Å²) in [5.41, 5.74) is 9.75. The van der Waals surface area contributed by atoms with Crippen molar-refractivity contribution >= 4 is 34.1 Å². The number of hydrogen-bond donors (Lipinski definition) is 3. The zero-order valence-corrected chi connectivity index (χ0v) is 13.5. The normalized spacial score (nSPS) is 12.3. The van der Waals surface area contributed by atoms with Gasteiger partial charge in [0.1, 0.15) is 0 Å². The summed E-state index contributed by atoms with van der Waals surface area (Å²) in [6.45, 7) is 1.91. The molecular formula is C18H18ClN3O. The molecule has 3 rings (SSSR count). The third-order valence-electron chi connectivity index (χ3n) is 3.89. The highest BCUT2D eigenvalue weighted by atomic mass is 35.5. The van der Waals surface area contributed by atoms with Crippen LogP contribution in [0.4, 0.5) is 5.69 Å². The van der Waals surface area contributed by atoms with Gasteiger partial charge in [-0.3, -0.25) is 4.79 Å². The van der Waals surface area contributed by atoms with Gasteiger partial charge in [-0.05, 0) is 42.7 Å². The van der Waals surface area contributed by atoms with Crippen molar-refractivity contribution in [2.75, 3.05) is 5.32 Å². The number of carbonyl (C=O) groups excluding carboxylic acids is 1. The van der Waals surface area contributed by atoms with Crippen LogP contribution in [0.5, 0.6) is 0 Å². The van der Waals surface area contributed by atoms with Gasteiger partial charge < -0.3 is 16.0 Å². The molecule has 0 aliphatic heterocycles. The Morgan fingerprint density at radius 1 is 1.30 bits per heavy atom. The molecule has 1 amide bonds. The summed E-state index contributed by atoms with van der Waals surface area (Å²) in [5, 5.41) is 4.52. The summed E-state index contributed by atoms with van der Waals surface area (Å²) in [7, 11) is 0. The fourth-order valence-corrected chi connectivity index (χ4v) is 2.72. The van der Waals surface area contributed by atoms with E-state index in [1.165, 1.54) is 0 Å². The van der Waals surface area contributed by atoms with Crippen molar-refractivity contribution in [2.24, 2.45) is 5.73 Å². The van der Waals surface area contributed by atoms with Crippen LogP contribution in [-0.2, 0) is 11.2 Å². The number of halogens is 1. The average Bonchev–Trinajstić information content (AvgIpc) is 2.94. The Hall–Kier alpha value is -2.30. The molecule has 4 N–H and O–H groups in total. The summed E-state index contributed by atoms with van der Waals surface area (Å²) in [6, 6.07) is 12.7. The molecule has 0 saturated carbocycles. The highest BCUT2D eigenvalue weighted by Gasteiger charge is 2.16. The van der Waals surface area contributed by atoms with Gasteiger partial charge in [0.05, 0.1) is 6.04 Å². The minimum absolute atomic E-state index is 0.227. The Bertz CT molecular complexity index is 856. The smallest absolute Gasteiger partial charge is 0.241 e. The fraction of sp³-hybridized carbons (Fsp3) is 0.167. The molecule has 0 radical (unpaired) electrons. The van der Waals surface area contributed by atoms with Gasteiger partial charge in [-0.25, -0.2) is 0 Å². The predicted octanol–water partition coefficient (Wildman–Crippen LogP) is 3.64. The molecule has 23 heavy (non-hydrogen) atoms. The molecule has 0 fully saturated rings. The predicted molar refractivity (Wildman–Crippen MR) is 94.8 cm³/mol. The number of benzene rings is 2. The number of aromatic nitrogens is 1. The second kappa shape index (κ2) is 6.44. The molecule has 0 bridgehead atoms. The summed E-state index contributed by atoms with van der Waals surface area (Å²) in [5.74, 6) is -0.227.